The standard InChI is InChI=1S/C21H18N4O5/c1-28-14-5-2-12(3-6-14)15-10-22-25-16(21(27)24-20(15)25)9-19(26)23-13-4-7-17-18(8-13)30-11-29-17/h2-8,10,16H,9,11H2,1H3,(H,23,26)(H,24,27). The molecule has 2 N–H and O–H groups in total. The quantitative estimate of drug-likeness (QED) is 0.675. The molecule has 0 bridgehead atoms. The number of rotatable bonds is 5. The average Bonchev–Trinajstić information content (AvgIpc) is 3.45. The summed E-state index contributed by atoms with van der Waals surface area (Å²) >= 11 is 0. The third-order valence-electron chi connectivity index (χ3n) is 5.07. The Morgan fingerprint density at radius 3 is 2.83 bits per heavy atom. The summed E-state index contributed by atoms with van der Waals surface area (Å²) < 4.78 is 17.3. The highest BCUT2D eigenvalue weighted by atomic mass is 16.7. The fraction of sp³-hybridized carbons (Fsp3) is 0.190. The zero-order valence-corrected chi connectivity index (χ0v) is 16.0. The summed E-state index contributed by atoms with van der Waals surface area (Å²) in [6.45, 7) is 0.160. The SMILES string of the molecule is COc1ccc(-c2cnn3c2NC(=O)C3CC(=O)Nc2ccc3c(c2)OCO3)cc1. The van der Waals surface area contributed by atoms with Crippen LogP contribution in [0.1, 0.15) is 12.5 Å². The van der Waals surface area contributed by atoms with E-state index in [0.717, 1.165) is 16.9 Å². The zero-order chi connectivity index (χ0) is 20.7. The highest BCUT2D eigenvalue weighted by Crippen LogP contribution is 2.37. The number of amides is 2. The van der Waals surface area contributed by atoms with E-state index in [1.807, 2.05) is 24.3 Å². The molecule has 0 fully saturated rings. The number of nitrogens with one attached hydrogen (secondary N) is 2. The van der Waals surface area contributed by atoms with Crippen LogP contribution >= 0.6 is 0 Å². The van der Waals surface area contributed by atoms with E-state index in [-0.39, 0.29) is 25.0 Å². The topological polar surface area (TPSA) is 104 Å². The molecular weight excluding hydrogens is 388 g/mol. The minimum Gasteiger partial charge on any atom is -0.497 e. The van der Waals surface area contributed by atoms with E-state index in [1.165, 1.54) is 0 Å². The lowest BCUT2D eigenvalue weighted by atomic mass is 10.1. The number of carbonyl (C=O) groups excluding carboxylic acids is 2. The van der Waals surface area contributed by atoms with Crippen LogP contribution in [0.5, 0.6) is 17.2 Å². The fourth-order valence-corrected chi connectivity index (χ4v) is 3.56. The summed E-state index contributed by atoms with van der Waals surface area (Å²) in [5, 5.41) is 9.97. The van der Waals surface area contributed by atoms with Crippen LogP contribution in [0.4, 0.5) is 11.5 Å². The lowest BCUT2D eigenvalue weighted by Gasteiger charge is -2.10. The van der Waals surface area contributed by atoms with Gasteiger partial charge in [-0.05, 0) is 29.8 Å². The molecule has 2 aliphatic heterocycles. The maximum absolute atomic E-state index is 12.6. The van der Waals surface area contributed by atoms with Gasteiger partial charge in [0.05, 0.1) is 19.7 Å². The number of methoxy groups -OCH3 is 1. The van der Waals surface area contributed by atoms with Crippen LogP contribution in [0.3, 0.4) is 0 Å². The molecule has 2 aromatic carbocycles. The van der Waals surface area contributed by atoms with Gasteiger partial charge in [0.25, 0.3) is 5.91 Å². The summed E-state index contributed by atoms with van der Waals surface area (Å²) in [4.78, 5) is 25.1. The number of carbonyl (C=O) groups is 2. The van der Waals surface area contributed by atoms with Crippen molar-refractivity contribution in [1.82, 2.24) is 9.78 Å². The second-order valence-electron chi connectivity index (χ2n) is 6.91. The number of aromatic nitrogens is 2. The molecule has 3 heterocycles. The number of benzene rings is 2. The van der Waals surface area contributed by atoms with Crippen LogP contribution in [0.2, 0.25) is 0 Å². The molecule has 0 saturated carbocycles. The van der Waals surface area contributed by atoms with E-state index in [9.17, 15) is 9.59 Å². The first-order valence-electron chi connectivity index (χ1n) is 9.34. The van der Waals surface area contributed by atoms with E-state index in [0.29, 0.717) is 23.0 Å². The molecule has 0 radical (unpaired) electrons. The molecule has 3 aromatic rings. The van der Waals surface area contributed by atoms with Gasteiger partial charge in [0.15, 0.2) is 11.5 Å². The monoisotopic (exact) mass is 406 g/mol. The molecule has 152 valence electrons. The van der Waals surface area contributed by atoms with Crippen LogP contribution < -0.4 is 24.8 Å². The number of nitrogens with zero attached hydrogens (tertiary/aromatic N) is 2. The Bertz CT molecular complexity index is 1140. The highest BCUT2D eigenvalue weighted by Gasteiger charge is 2.35. The summed E-state index contributed by atoms with van der Waals surface area (Å²) in [5.41, 5.74) is 2.25. The Labute approximate surface area is 171 Å². The molecule has 1 atom stereocenters. The van der Waals surface area contributed by atoms with Crippen molar-refractivity contribution >= 4 is 23.3 Å². The van der Waals surface area contributed by atoms with Crippen LogP contribution in [0.15, 0.2) is 48.7 Å². The van der Waals surface area contributed by atoms with E-state index >= 15 is 0 Å². The number of hydrogen-bond acceptors (Lipinski definition) is 6. The van der Waals surface area contributed by atoms with Gasteiger partial charge in [-0.25, -0.2) is 4.68 Å². The lowest BCUT2D eigenvalue weighted by molar-refractivity contribution is -0.123. The molecular formula is C21H18N4O5. The normalized spacial score (nSPS) is 16.2. The molecule has 0 spiro atoms. The molecule has 9 heteroatoms. The Kier molecular flexibility index (Phi) is 4.27. The summed E-state index contributed by atoms with van der Waals surface area (Å²) in [6.07, 6.45) is 1.64. The Hall–Kier alpha value is -4.01. The van der Waals surface area contributed by atoms with Crippen molar-refractivity contribution in [2.75, 3.05) is 24.5 Å². The van der Waals surface area contributed by atoms with Gasteiger partial charge in [0, 0.05) is 17.3 Å². The van der Waals surface area contributed by atoms with Gasteiger partial charge in [-0.2, -0.15) is 5.10 Å². The van der Waals surface area contributed by atoms with E-state index in [1.54, 1.807) is 36.2 Å². The van der Waals surface area contributed by atoms with Crippen LogP contribution in [-0.4, -0.2) is 35.5 Å². The first-order valence-corrected chi connectivity index (χ1v) is 9.34. The maximum atomic E-state index is 12.6. The van der Waals surface area contributed by atoms with Crippen LogP contribution in [0.25, 0.3) is 11.1 Å². The molecule has 5 rings (SSSR count). The van der Waals surface area contributed by atoms with Gasteiger partial charge < -0.3 is 24.8 Å². The second-order valence-corrected chi connectivity index (χ2v) is 6.91. The van der Waals surface area contributed by atoms with Gasteiger partial charge in [-0.15, -0.1) is 0 Å². The predicted octanol–water partition coefficient (Wildman–Crippen LogP) is 2.81. The van der Waals surface area contributed by atoms with E-state index < -0.39 is 6.04 Å². The summed E-state index contributed by atoms with van der Waals surface area (Å²) in [5.74, 6) is 1.95. The van der Waals surface area contributed by atoms with Gasteiger partial charge >= 0.3 is 0 Å². The number of fused-ring (bicyclic) bond motifs is 2. The first-order chi connectivity index (χ1) is 14.6. The molecule has 1 unspecified atom stereocenters. The molecule has 2 amide bonds. The summed E-state index contributed by atoms with van der Waals surface area (Å²) in [7, 11) is 1.60. The Balaban J connectivity index is 1.32. The maximum Gasteiger partial charge on any atom is 0.251 e. The van der Waals surface area contributed by atoms with Crippen molar-refractivity contribution in [3.8, 4) is 28.4 Å². The minimum atomic E-state index is -0.721. The number of anilines is 2. The van der Waals surface area contributed by atoms with Gasteiger partial charge in [0.2, 0.25) is 12.7 Å². The zero-order valence-electron chi connectivity index (χ0n) is 16.0. The summed E-state index contributed by atoms with van der Waals surface area (Å²) in [6, 6.07) is 11.9. The molecule has 30 heavy (non-hydrogen) atoms. The van der Waals surface area contributed by atoms with E-state index in [4.69, 9.17) is 14.2 Å². The fourth-order valence-electron chi connectivity index (χ4n) is 3.56. The largest absolute Gasteiger partial charge is 0.497 e. The van der Waals surface area contributed by atoms with Crippen LogP contribution in [0, 0.1) is 0 Å². The minimum absolute atomic E-state index is 0.0446. The van der Waals surface area contributed by atoms with Gasteiger partial charge in [-0.3, -0.25) is 9.59 Å². The van der Waals surface area contributed by atoms with Crippen molar-refractivity contribution in [2.24, 2.45) is 0 Å². The molecule has 0 saturated heterocycles. The highest BCUT2D eigenvalue weighted by molar-refractivity contribution is 6.04. The first kappa shape index (κ1) is 18.0. The van der Waals surface area contributed by atoms with E-state index in [2.05, 4.69) is 15.7 Å². The van der Waals surface area contributed by atoms with Crippen molar-refractivity contribution in [2.45, 2.75) is 12.5 Å². The Morgan fingerprint density at radius 1 is 1.23 bits per heavy atom. The average molecular weight is 406 g/mol. The Morgan fingerprint density at radius 2 is 2.03 bits per heavy atom. The third-order valence-corrected chi connectivity index (χ3v) is 5.07. The van der Waals surface area contributed by atoms with Gasteiger partial charge in [-0.1, -0.05) is 12.1 Å². The van der Waals surface area contributed by atoms with Gasteiger partial charge in [0.1, 0.15) is 17.6 Å². The second kappa shape index (κ2) is 7.11. The molecule has 2 aliphatic rings. The van der Waals surface area contributed by atoms with Crippen molar-refractivity contribution < 1.29 is 23.8 Å². The van der Waals surface area contributed by atoms with Crippen molar-refractivity contribution in [3.63, 3.8) is 0 Å². The smallest absolute Gasteiger partial charge is 0.251 e. The van der Waals surface area contributed by atoms with Crippen molar-refractivity contribution in [3.05, 3.63) is 48.7 Å². The van der Waals surface area contributed by atoms with Crippen molar-refractivity contribution in [1.29, 1.82) is 0 Å². The predicted molar refractivity (Wildman–Crippen MR) is 108 cm³/mol. The molecule has 1 aromatic heterocycles. The molecule has 9 nitrogen and oxygen atoms in total. The number of hydrogen-bond donors (Lipinski definition) is 2. The lowest BCUT2D eigenvalue weighted by Crippen LogP contribution is -2.23. The van der Waals surface area contributed by atoms with Crippen LogP contribution in [-0.2, 0) is 9.59 Å². The molecule has 0 aliphatic carbocycles. The number of ether oxygens (including phenoxy) is 3. The third kappa shape index (κ3) is 3.10.